The lowest BCUT2D eigenvalue weighted by molar-refractivity contribution is -0.137. The van der Waals surface area contributed by atoms with Gasteiger partial charge in [-0.3, -0.25) is 4.79 Å². The van der Waals surface area contributed by atoms with E-state index in [0.29, 0.717) is 11.6 Å². The van der Waals surface area contributed by atoms with Gasteiger partial charge >= 0.3 is 5.97 Å². The number of carbonyl (C=O) groups is 1. The van der Waals surface area contributed by atoms with Gasteiger partial charge in [0.05, 0.1) is 13.0 Å². The first-order chi connectivity index (χ1) is 15.1. The molecule has 0 saturated heterocycles. The standard InChI is InChI=1S/C25H25ClN2O3/c26-21-8-10-28-24(16-21)27-9-3-11-31-22-7-6-17-12-20(15-25(29)30)23-5-2-1-4-18(23)13-19(17)14-22/h1-2,4-8,10,14,16,20H,3,9,11-13,15H2,(H,27,28)(H,29,30). The maximum absolute atomic E-state index is 11.4. The minimum Gasteiger partial charge on any atom is -0.494 e. The Morgan fingerprint density at radius 1 is 1.13 bits per heavy atom. The van der Waals surface area contributed by atoms with Crippen LogP contribution >= 0.6 is 11.6 Å². The number of carboxylic acid groups (broad SMARTS) is 1. The van der Waals surface area contributed by atoms with Crippen LogP contribution in [0, 0.1) is 0 Å². The molecule has 0 aliphatic heterocycles. The molecule has 0 saturated carbocycles. The molecule has 6 heteroatoms. The van der Waals surface area contributed by atoms with E-state index in [1.807, 2.05) is 18.2 Å². The van der Waals surface area contributed by atoms with E-state index in [1.54, 1.807) is 18.3 Å². The molecule has 1 unspecified atom stereocenters. The van der Waals surface area contributed by atoms with Crippen LogP contribution in [0.1, 0.15) is 41.0 Å². The Hall–Kier alpha value is -3.05. The zero-order valence-corrected chi connectivity index (χ0v) is 17.9. The molecule has 0 bridgehead atoms. The molecule has 0 fully saturated rings. The van der Waals surface area contributed by atoms with Crippen LogP contribution in [0.4, 0.5) is 5.82 Å². The molecule has 5 nitrogen and oxygen atoms in total. The number of anilines is 1. The average molecular weight is 437 g/mol. The molecule has 2 aromatic carbocycles. The Morgan fingerprint density at radius 3 is 2.84 bits per heavy atom. The van der Waals surface area contributed by atoms with E-state index in [2.05, 4.69) is 34.6 Å². The molecule has 1 aliphatic rings. The van der Waals surface area contributed by atoms with Crippen molar-refractivity contribution >= 4 is 23.4 Å². The van der Waals surface area contributed by atoms with E-state index < -0.39 is 5.97 Å². The molecular weight excluding hydrogens is 412 g/mol. The number of nitrogens with zero attached hydrogens (tertiary/aromatic N) is 1. The second kappa shape index (κ2) is 9.84. The fourth-order valence-electron chi connectivity index (χ4n) is 4.10. The predicted octanol–water partition coefficient (Wildman–Crippen LogP) is 5.32. The minimum absolute atomic E-state index is 0.00658. The van der Waals surface area contributed by atoms with E-state index in [9.17, 15) is 9.90 Å². The fraction of sp³-hybridized carbons (Fsp3) is 0.280. The number of carboxylic acids is 1. The summed E-state index contributed by atoms with van der Waals surface area (Å²) < 4.78 is 5.97. The summed E-state index contributed by atoms with van der Waals surface area (Å²) in [5.41, 5.74) is 4.75. The van der Waals surface area contributed by atoms with Gasteiger partial charge in [0.15, 0.2) is 0 Å². The summed E-state index contributed by atoms with van der Waals surface area (Å²) in [5.74, 6) is 0.832. The summed E-state index contributed by atoms with van der Waals surface area (Å²) in [6, 6.07) is 17.9. The van der Waals surface area contributed by atoms with Crippen molar-refractivity contribution in [3.05, 3.63) is 88.1 Å². The summed E-state index contributed by atoms with van der Waals surface area (Å²) >= 11 is 5.97. The molecule has 1 aromatic heterocycles. The number of hydrogen-bond acceptors (Lipinski definition) is 4. The number of nitrogens with one attached hydrogen (secondary N) is 1. The highest BCUT2D eigenvalue weighted by Crippen LogP contribution is 2.35. The largest absolute Gasteiger partial charge is 0.494 e. The predicted molar refractivity (Wildman–Crippen MR) is 122 cm³/mol. The van der Waals surface area contributed by atoms with Crippen molar-refractivity contribution in [2.75, 3.05) is 18.5 Å². The van der Waals surface area contributed by atoms with Crippen LogP contribution in [-0.2, 0) is 17.6 Å². The first kappa shape index (κ1) is 21.2. The number of fused-ring (bicyclic) bond motifs is 2. The van der Waals surface area contributed by atoms with Crippen LogP contribution in [0.15, 0.2) is 60.8 Å². The molecule has 3 aromatic rings. The van der Waals surface area contributed by atoms with Gasteiger partial charge in [-0.25, -0.2) is 4.98 Å². The molecule has 160 valence electrons. The number of rotatable bonds is 8. The minimum atomic E-state index is -0.759. The summed E-state index contributed by atoms with van der Waals surface area (Å²) in [5, 5.41) is 13.3. The molecule has 1 heterocycles. The average Bonchev–Trinajstić information content (AvgIpc) is 2.89. The topological polar surface area (TPSA) is 71.5 Å². The van der Waals surface area contributed by atoms with Crippen molar-refractivity contribution in [2.45, 2.75) is 31.6 Å². The molecule has 0 radical (unpaired) electrons. The van der Waals surface area contributed by atoms with Gasteiger partial charge in [0.25, 0.3) is 0 Å². The van der Waals surface area contributed by atoms with Crippen molar-refractivity contribution in [2.24, 2.45) is 0 Å². The highest BCUT2D eigenvalue weighted by atomic mass is 35.5. The lowest BCUT2D eigenvalue weighted by atomic mass is 9.89. The quantitative estimate of drug-likeness (QED) is 0.467. The Balaban J connectivity index is 1.38. The number of benzene rings is 2. The number of aromatic nitrogens is 1. The van der Waals surface area contributed by atoms with E-state index in [0.717, 1.165) is 42.9 Å². The monoisotopic (exact) mass is 436 g/mol. The van der Waals surface area contributed by atoms with Crippen LogP contribution in [0.5, 0.6) is 5.75 Å². The summed E-state index contributed by atoms with van der Waals surface area (Å²) in [6.45, 7) is 1.33. The third-order valence-corrected chi connectivity index (χ3v) is 5.79. The third-order valence-electron chi connectivity index (χ3n) is 5.56. The van der Waals surface area contributed by atoms with Crippen LogP contribution < -0.4 is 10.1 Å². The fourth-order valence-corrected chi connectivity index (χ4v) is 4.26. The van der Waals surface area contributed by atoms with Crippen LogP contribution in [-0.4, -0.2) is 29.2 Å². The van der Waals surface area contributed by atoms with Crippen molar-refractivity contribution in [3.63, 3.8) is 0 Å². The second-order valence-corrected chi connectivity index (χ2v) is 8.23. The lowest BCUT2D eigenvalue weighted by Crippen LogP contribution is -2.09. The second-order valence-electron chi connectivity index (χ2n) is 7.79. The molecule has 2 N–H and O–H groups in total. The van der Waals surface area contributed by atoms with Gasteiger partial charge in [-0.05, 0) is 71.7 Å². The van der Waals surface area contributed by atoms with Crippen LogP contribution in [0.25, 0.3) is 0 Å². The van der Waals surface area contributed by atoms with Gasteiger partial charge in [-0.15, -0.1) is 0 Å². The van der Waals surface area contributed by atoms with Gasteiger partial charge in [0.1, 0.15) is 11.6 Å². The van der Waals surface area contributed by atoms with Gasteiger partial charge in [0, 0.05) is 17.8 Å². The molecule has 4 rings (SSSR count). The zero-order valence-electron chi connectivity index (χ0n) is 17.2. The van der Waals surface area contributed by atoms with Crippen molar-refractivity contribution in [1.29, 1.82) is 0 Å². The van der Waals surface area contributed by atoms with E-state index >= 15 is 0 Å². The number of pyridine rings is 1. The number of halogens is 1. The Morgan fingerprint density at radius 2 is 2.00 bits per heavy atom. The molecule has 1 aliphatic carbocycles. The third kappa shape index (κ3) is 5.56. The number of ether oxygens (including phenoxy) is 1. The maximum Gasteiger partial charge on any atom is 0.303 e. The summed E-state index contributed by atoms with van der Waals surface area (Å²) in [6.07, 6.45) is 4.17. The molecular formula is C25H25ClN2O3. The number of aliphatic carboxylic acids is 1. The van der Waals surface area contributed by atoms with E-state index in [4.69, 9.17) is 16.3 Å². The first-order valence-electron chi connectivity index (χ1n) is 10.5. The molecule has 1 atom stereocenters. The zero-order chi connectivity index (χ0) is 21.6. The summed E-state index contributed by atoms with van der Waals surface area (Å²) in [4.78, 5) is 15.6. The first-order valence-corrected chi connectivity index (χ1v) is 10.9. The van der Waals surface area contributed by atoms with Gasteiger partial charge < -0.3 is 15.2 Å². The molecule has 31 heavy (non-hydrogen) atoms. The SMILES string of the molecule is O=C(O)CC1Cc2ccc(OCCCNc3cc(Cl)ccn3)cc2Cc2ccccc21. The normalized spacial score (nSPS) is 14.8. The van der Waals surface area contributed by atoms with Crippen molar-refractivity contribution in [3.8, 4) is 5.75 Å². The van der Waals surface area contributed by atoms with Crippen molar-refractivity contribution < 1.29 is 14.6 Å². The van der Waals surface area contributed by atoms with Gasteiger partial charge in [0.2, 0.25) is 0 Å². The maximum atomic E-state index is 11.4. The Labute approximate surface area is 187 Å². The Bertz CT molecular complexity index is 1070. The van der Waals surface area contributed by atoms with E-state index in [-0.39, 0.29) is 12.3 Å². The van der Waals surface area contributed by atoms with Gasteiger partial charge in [-0.1, -0.05) is 41.9 Å². The molecule has 0 amide bonds. The molecule has 0 spiro atoms. The van der Waals surface area contributed by atoms with Crippen LogP contribution in [0.2, 0.25) is 5.02 Å². The van der Waals surface area contributed by atoms with E-state index in [1.165, 1.54) is 16.7 Å². The smallest absolute Gasteiger partial charge is 0.303 e. The highest BCUT2D eigenvalue weighted by molar-refractivity contribution is 6.30. The van der Waals surface area contributed by atoms with Crippen LogP contribution in [0.3, 0.4) is 0 Å². The van der Waals surface area contributed by atoms with Crippen molar-refractivity contribution in [1.82, 2.24) is 4.98 Å². The Kier molecular flexibility index (Phi) is 6.73. The van der Waals surface area contributed by atoms with Gasteiger partial charge in [-0.2, -0.15) is 0 Å². The highest BCUT2D eigenvalue weighted by Gasteiger charge is 2.24. The number of hydrogen-bond donors (Lipinski definition) is 2. The lowest BCUT2D eigenvalue weighted by Gasteiger charge is -2.16. The summed E-state index contributed by atoms with van der Waals surface area (Å²) in [7, 11) is 0.